The Morgan fingerprint density at radius 1 is 1.50 bits per heavy atom. The standard InChI is InChI=1S/C10H10INO2/c11-6-1-2-7(9(13)5-6)8-3-4-10(14)12-8/h1-2,5,8,13H,3-4H2,(H,12,14)/t8-/m1/s1. The highest BCUT2D eigenvalue weighted by molar-refractivity contribution is 14.1. The number of amides is 1. The van der Waals surface area contributed by atoms with Crippen LogP contribution in [-0.4, -0.2) is 11.0 Å². The lowest BCUT2D eigenvalue weighted by molar-refractivity contribution is -0.119. The van der Waals surface area contributed by atoms with Crippen molar-refractivity contribution in [3.8, 4) is 5.75 Å². The summed E-state index contributed by atoms with van der Waals surface area (Å²) < 4.78 is 0.994. The minimum Gasteiger partial charge on any atom is -0.508 e. The number of hydrogen-bond donors (Lipinski definition) is 2. The summed E-state index contributed by atoms with van der Waals surface area (Å²) in [6.07, 6.45) is 1.32. The van der Waals surface area contributed by atoms with Crippen LogP contribution in [0.1, 0.15) is 24.4 Å². The lowest BCUT2D eigenvalue weighted by atomic mass is 10.0. The fraction of sp³-hybridized carbons (Fsp3) is 0.300. The van der Waals surface area contributed by atoms with Crippen molar-refractivity contribution in [2.45, 2.75) is 18.9 Å². The quantitative estimate of drug-likeness (QED) is 0.779. The van der Waals surface area contributed by atoms with E-state index in [1.165, 1.54) is 0 Å². The van der Waals surface area contributed by atoms with Gasteiger partial charge in [-0.25, -0.2) is 0 Å². The van der Waals surface area contributed by atoms with Gasteiger partial charge in [-0.05, 0) is 41.1 Å². The number of aromatic hydroxyl groups is 1. The maximum Gasteiger partial charge on any atom is 0.220 e. The predicted molar refractivity (Wildman–Crippen MR) is 60.9 cm³/mol. The van der Waals surface area contributed by atoms with Gasteiger partial charge >= 0.3 is 0 Å². The summed E-state index contributed by atoms with van der Waals surface area (Å²) in [6, 6.07) is 5.49. The zero-order chi connectivity index (χ0) is 10.1. The second-order valence-electron chi connectivity index (χ2n) is 3.36. The summed E-state index contributed by atoms with van der Waals surface area (Å²) >= 11 is 2.14. The van der Waals surface area contributed by atoms with Crippen molar-refractivity contribution in [1.82, 2.24) is 5.32 Å². The zero-order valence-corrected chi connectivity index (χ0v) is 9.61. The van der Waals surface area contributed by atoms with Gasteiger partial charge in [0.2, 0.25) is 5.91 Å². The number of nitrogens with one attached hydrogen (secondary N) is 1. The molecule has 14 heavy (non-hydrogen) atoms. The Labute approximate surface area is 95.7 Å². The smallest absolute Gasteiger partial charge is 0.220 e. The molecule has 0 aromatic heterocycles. The molecule has 0 spiro atoms. The maximum atomic E-state index is 11.0. The van der Waals surface area contributed by atoms with E-state index in [1.807, 2.05) is 12.1 Å². The molecule has 1 aliphatic rings. The topological polar surface area (TPSA) is 49.3 Å². The fourth-order valence-corrected chi connectivity index (χ4v) is 2.13. The van der Waals surface area contributed by atoms with Crippen LogP contribution >= 0.6 is 22.6 Å². The molecule has 1 amide bonds. The van der Waals surface area contributed by atoms with Crippen LogP contribution in [0.4, 0.5) is 0 Å². The third kappa shape index (κ3) is 1.84. The second kappa shape index (κ2) is 3.76. The molecule has 0 radical (unpaired) electrons. The number of carbonyl (C=O) groups is 1. The van der Waals surface area contributed by atoms with Gasteiger partial charge in [-0.1, -0.05) is 6.07 Å². The van der Waals surface area contributed by atoms with Gasteiger partial charge < -0.3 is 10.4 Å². The fourth-order valence-electron chi connectivity index (χ4n) is 1.66. The van der Waals surface area contributed by atoms with Gasteiger partial charge in [0.25, 0.3) is 0 Å². The number of hydrogen-bond acceptors (Lipinski definition) is 2. The van der Waals surface area contributed by atoms with E-state index in [9.17, 15) is 9.90 Å². The Kier molecular flexibility index (Phi) is 2.62. The number of phenolic OH excluding ortho intramolecular Hbond substituents is 1. The number of phenols is 1. The molecule has 1 atom stereocenters. The summed E-state index contributed by atoms with van der Waals surface area (Å²) in [4.78, 5) is 11.0. The first kappa shape index (κ1) is 9.76. The molecule has 1 aromatic carbocycles. The molecule has 4 heteroatoms. The number of benzene rings is 1. The van der Waals surface area contributed by atoms with Crippen LogP contribution < -0.4 is 5.32 Å². The molecule has 1 fully saturated rings. The molecule has 0 aliphatic carbocycles. The molecule has 2 rings (SSSR count). The molecule has 1 aromatic rings. The summed E-state index contributed by atoms with van der Waals surface area (Å²) in [5, 5.41) is 12.5. The lowest BCUT2D eigenvalue weighted by Crippen LogP contribution is -2.18. The van der Waals surface area contributed by atoms with E-state index < -0.39 is 0 Å². The molecule has 74 valence electrons. The van der Waals surface area contributed by atoms with Crippen molar-refractivity contribution in [3.63, 3.8) is 0 Å². The van der Waals surface area contributed by atoms with Gasteiger partial charge in [-0.15, -0.1) is 0 Å². The molecule has 1 saturated heterocycles. The molecule has 1 heterocycles. The highest BCUT2D eigenvalue weighted by atomic mass is 127. The largest absolute Gasteiger partial charge is 0.508 e. The van der Waals surface area contributed by atoms with Gasteiger partial charge in [0.05, 0.1) is 6.04 Å². The first-order chi connectivity index (χ1) is 6.66. The molecule has 0 saturated carbocycles. The van der Waals surface area contributed by atoms with Crippen LogP contribution in [0, 0.1) is 3.57 Å². The summed E-state index contributed by atoms with van der Waals surface area (Å²) in [5.74, 6) is 0.331. The van der Waals surface area contributed by atoms with Crippen LogP contribution in [0.25, 0.3) is 0 Å². The minimum absolute atomic E-state index is 0.0144. The van der Waals surface area contributed by atoms with Crippen LogP contribution in [-0.2, 0) is 4.79 Å². The van der Waals surface area contributed by atoms with Crippen molar-refractivity contribution in [1.29, 1.82) is 0 Å². The first-order valence-electron chi connectivity index (χ1n) is 4.44. The van der Waals surface area contributed by atoms with E-state index in [0.717, 1.165) is 15.6 Å². The number of halogens is 1. The Morgan fingerprint density at radius 3 is 2.86 bits per heavy atom. The number of carbonyl (C=O) groups excluding carboxylic acids is 1. The van der Waals surface area contributed by atoms with Crippen molar-refractivity contribution in [2.24, 2.45) is 0 Å². The Bertz CT molecular complexity index is 378. The van der Waals surface area contributed by atoms with Crippen molar-refractivity contribution < 1.29 is 9.90 Å². The normalized spacial score (nSPS) is 20.9. The van der Waals surface area contributed by atoms with E-state index in [-0.39, 0.29) is 17.7 Å². The SMILES string of the molecule is O=C1CC[C@H](c2ccc(I)cc2O)N1. The van der Waals surface area contributed by atoms with Crippen molar-refractivity contribution in [2.75, 3.05) is 0 Å². The number of rotatable bonds is 1. The molecule has 1 aliphatic heterocycles. The minimum atomic E-state index is -0.0144. The Hall–Kier alpha value is -0.780. The molecule has 2 N–H and O–H groups in total. The molecular formula is C10H10INO2. The molecule has 0 unspecified atom stereocenters. The monoisotopic (exact) mass is 303 g/mol. The van der Waals surface area contributed by atoms with E-state index in [0.29, 0.717) is 6.42 Å². The van der Waals surface area contributed by atoms with E-state index in [2.05, 4.69) is 27.9 Å². The van der Waals surface area contributed by atoms with Crippen LogP contribution in [0.3, 0.4) is 0 Å². The van der Waals surface area contributed by atoms with E-state index in [4.69, 9.17) is 0 Å². The van der Waals surface area contributed by atoms with E-state index in [1.54, 1.807) is 6.07 Å². The summed E-state index contributed by atoms with van der Waals surface area (Å²) in [5.41, 5.74) is 0.816. The average molecular weight is 303 g/mol. The average Bonchev–Trinajstić information content (AvgIpc) is 2.51. The third-order valence-corrected chi connectivity index (χ3v) is 3.03. The Morgan fingerprint density at radius 2 is 2.29 bits per heavy atom. The van der Waals surface area contributed by atoms with Gasteiger partial charge in [0.1, 0.15) is 5.75 Å². The van der Waals surface area contributed by atoms with Crippen LogP contribution in [0.15, 0.2) is 18.2 Å². The summed E-state index contributed by atoms with van der Waals surface area (Å²) in [7, 11) is 0. The zero-order valence-electron chi connectivity index (χ0n) is 7.46. The lowest BCUT2D eigenvalue weighted by Gasteiger charge is -2.12. The first-order valence-corrected chi connectivity index (χ1v) is 5.52. The van der Waals surface area contributed by atoms with Gasteiger partial charge in [-0.2, -0.15) is 0 Å². The second-order valence-corrected chi connectivity index (χ2v) is 4.61. The maximum absolute atomic E-state index is 11.0. The van der Waals surface area contributed by atoms with Gasteiger partial charge in [-0.3, -0.25) is 4.79 Å². The van der Waals surface area contributed by atoms with Gasteiger partial charge in [0, 0.05) is 15.6 Å². The van der Waals surface area contributed by atoms with Gasteiger partial charge in [0.15, 0.2) is 0 Å². The van der Waals surface area contributed by atoms with E-state index >= 15 is 0 Å². The highest BCUT2D eigenvalue weighted by Crippen LogP contribution is 2.31. The van der Waals surface area contributed by atoms with Crippen LogP contribution in [0.5, 0.6) is 5.75 Å². The molecular weight excluding hydrogens is 293 g/mol. The third-order valence-electron chi connectivity index (χ3n) is 2.36. The predicted octanol–water partition coefficient (Wildman–Crippen LogP) is 1.95. The van der Waals surface area contributed by atoms with Crippen LogP contribution in [0.2, 0.25) is 0 Å². The highest BCUT2D eigenvalue weighted by Gasteiger charge is 2.24. The van der Waals surface area contributed by atoms with Crippen molar-refractivity contribution in [3.05, 3.63) is 27.3 Å². The molecule has 0 bridgehead atoms. The summed E-state index contributed by atoms with van der Waals surface area (Å²) in [6.45, 7) is 0. The Balaban J connectivity index is 2.28. The van der Waals surface area contributed by atoms with Crippen molar-refractivity contribution >= 4 is 28.5 Å². The molecule has 3 nitrogen and oxygen atoms in total.